The van der Waals surface area contributed by atoms with Crippen molar-refractivity contribution in [3.63, 3.8) is 0 Å². The molecule has 0 aromatic heterocycles. The average molecular weight is 320 g/mol. The fourth-order valence-electron chi connectivity index (χ4n) is 3.11. The number of nitrogens with zero attached hydrogens (tertiary/aromatic N) is 2. The molecule has 1 saturated carbocycles. The van der Waals surface area contributed by atoms with Crippen LogP contribution < -0.4 is 10.6 Å². The van der Waals surface area contributed by atoms with E-state index in [4.69, 9.17) is 0 Å². The van der Waals surface area contributed by atoms with Gasteiger partial charge in [0, 0.05) is 19.6 Å². The van der Waals surface area contributed by atoms with Crippen LogP contribution in [0.5, 0.6) is 0 Å². The molecule has 0 amide bonds. The van der Waals surface area contributed by atoms with Crippen molar-refractivity contribution in [1.29, 1.82) is 0 Å². The van der Waals surface area contributed by atoms with Crippen LogP contribution in [0.3, 0.4) is 0 Å². The van der Waals surface area contributed by atoms with Gasteiger partial charge in [0.1, 0.15) is 5.82 Å². The van der Waals surface area contributed by atoms with Crippen LogP contribution in [0.15, 0.2) is 29.3 Å². The molecule has 5 heteroatoms. The first-order chi connectivity index (χ1) is 11.1. The van der Waals surface area contributed by atoms with Crippen molar-refractivity contribution in [1.82, 2.24) is 15.5 Å². The van der Waals surface area contributed by atoms with Crippen LogP contribution in [-0.4, -0.2) is 44.6 Å². The summed E-state index contributed by atoms with van der Waals surface area (Å²) in [5.41, 5.74) is 1.09. The summed E-state index contributed by atoms with van der Waals surface area (Å²) in [6.07, 6.45) is 6.37. The number of hydrogen-bond donors (Lipinski definition) is 2. The van der Waals surface area contributed by atoms with Crippen LogP contribution in [0.2, 0.25) is 0 Å². The highest BCUT2D eigenvalue weighted by atomic mass is 19.1. The van der Waals surface area contributed by atoms with E-state index < -0.39 is 0 Å². The van der Waals surface area contributed by atoms with Crippen LogP contribution >= 0.6 is 0 Å². The molecule has 1 unspecified atom stereocenters. The van der Waals surface area contributed by atoms with Crippen LogP contribution in [0.25, 0.3) is 0 Å². The number of likely N-dealkylation sites (N-methyl/N-ethyl adjacent to an activating group) is 1. The minimum absolute atomic E-state index is 0.167. The van der Waals surface area contributed by atoms with Gasteiger partial charge in [-0.15, -0.1) is 0 Å². The maximum Gasteiger partial charge on any atom is 0.191 e. The molecular weight excluding hydrogens is 291 g/mol. The summed E-state index contributed by atoms with van der Waals surface area (Å²) in [6, 6.07) is 7.42. The molecule has 2 N–H and O–H groups in total. The topological polar surface area (TPSA) is 39.7 Å². The predicted octanol–water partition coefficient (Wildman–Crippen LogP) is 2.93. The highest BCUT2D eigenvalue weighted by molar-refractivity contribution is 5.80. The minimum atomic E-state index is -0.200. The van der Waals surface area contributed by atoms with Gasteiger partial charge in [0.2, 0.25) is 0 Å². The van der Waals surface area contributed by atoms with Gasteiger partial charge in [-0.3, -0.25) is 4.99 Å². The van der Waals surface area contributed by atoms with Gasteiger partial charge >= 0.3 is 0 Å². The number of halogens is 1. The second-order valence-corrected chi connectivity index (χ2v) is 6.46. The first-order valence-electron chi connectivity index (χ1n) is 8.49. The minimum Gasteiger partial charge on any atom is -0.354 e. The molecule has 0 aliphatic heterocycles. The SMILES string of the molecule is CN=C(NCC(c1ccc(F)cc1)N(C)C)NC1CCCCC1. The quantitative estimate of drug-likeness (QED) is 0.647. The molecule has 0 bridgehead atoms. The molecule has 1 aliphatic rings. The Bertz CT molecular complexity index is 492. The van der Waals surface area contributed by atoms with Crippen LogP contribution in [-0.2, 0) is 0 Å². The zero-order valence-electron chi connectivity index (χ0n) is 14.5. The Morgan fingerprint density at radius 3 is 2.43 bits per heavy atom. The zero-order valence-corrected chi connectivity index (χ0v) is 14.5. The first-order valence-corrected chi connectivity index (χ1v) is 8.49. The maximum atomic E-state index is 13.1. The normalized spacial score (nSPS) is 18.0. The van der Waals surface area contributed by atoms with E-state index in [1.807, 2.05) is 26.2 Å². The van der Waals surface area contributed by atoms with E-state index in [0.717, 1.165) is 18.1 Å². The molecule has 1 aliphatic carbocycles. The molecule has 0 heterocycles. The van der Waals surface area contributed by atoms with Gasteiger partial charge in [-0.1, -0.05) is 31.4 Å². The molecule has 23 heavy (non-hydrogen) atoms. The van der Waals surface area contributed by atoms with E-state index in [1.54, 1.807) is 7.05 Å². The third-order valence-electron chi connectivity index (χ3n) is 4.51. The standard InChI is InChI=1S/C18H29FN4/c1-20-18(22-16-7-5-4-6-8-16)21-13-17(23(2)3)14-9-11-15(19)12-10-14/h9-12,16-17H,4-8,13H2,1-3H3,(H2,20,21,22). The molecule has 2 rings (SSSR count). The molecule has 1 fully saturated rings. The van der Waals surface area contributed by atoms with E-state index in [0.29, 0.717) is 6.04 Å². The van der Waals surface area contributed by atoms with Crippen molar-refractivity contribution in [3.05, 3.63) is 35.6 Å². The average Bonchev–Trinajstić information content (AvgIpc) is 2.56. The number of guanidine groups is 1. The lowest BCUT2D eigenvalue weighted by molar-refractivity contribution is 0.297. The summed E-state index contributed by atoms with van der Waals surface area (Å²) >= 11 is 0. The predicted molar refractivity (Wildman–Crippen MR) is 94.2 cm³/mol. The fraction of sp³-hybridized carbons (Fsp3) is 0.611. The Hall–Kier alpha value is -1.62. The summed E-state index contributed by atoms with van der Waals surface area (Å²) in [5.74, 6) is 0.653. The largest absolute Gasteiger partial charge is 0.354 e. The molecule has 0 spiro atoms. The Kier molecular flexibility index (Phi) is 6.84. The Morgan fingerprint density at radius 1 is 1.22 bits per heavy atom. The van der Waals surface area contributed by atoms with Crippen molar-refractivity contribution in [2.24, 2.45) is 4.99 Å². The molecule has 0 radical (unpaired) electrons. The van der Waals surface area contributed by atoms with Crippen molar-refractivity contribution in [2.45, 2.75) is 44.2 Å². The van der Waals surface area contributed by atoms with E-state index >= 15 is 0 Å². The second kappa shape index (κ2) is 8.87. The first kappa shape index (κ1) is 17.7. The maximum absolute atomic E-state index is 13.1. The van der Waals surface area contributed by atoms with Gasteiger partial charge in [0.15, 0.2) is 5.96 Å². The molecule has 1 atom stereocenters. The third-order valence-corrected chi connectivity index (χ3v) is 4.51. The van der Waals surface area contributed by atoms with Gasteiger partial charge < -0.3 is 15.5 Å². The van der Waals surface area contributed by atoms with E-state index in [-0.39, 0.29) is 11.9 Å². The van der Waals surface area contributed by atoms with Crippen LogP contribution in [0.1, 0.15) is 43.7 Å². The smallest absolute Gasteiger partial charge is 0.191 e. The van der Waals surface area contributed by atoms with E-state index in [2.05, 4.69) is 20.5 Å². The van der Waals surface area contributed by atoms with Crippen molar-refractivity contribution >= 4 is 5.96 Å². The summed E-state index contributed by atoms with van der Waals surface area (Å²) < 4.78 is 13.1. The third kappa shape index (κ3) is 5.50. The zero-order chi connectivity index (χ0) is 16.7. The van der Waals surface area contributed by atoms with Gasteiger partial charge in [-0.25, -0.2) is 4.39 Å². The van der Waals surface area contributed by atoms with E-state index in [1.165, 1.54) is 44.2 Å². The van der Waals surface area contributed by atoms with Gasteiger partial charge in [0.05, 0.1) is 6.04 Å². The van der Waals surface area contributed by atoms with Gasteiger partial charge in [0.25, 0.3) is 0 Å². The monoisotopic (exact) mass is 320 g/mol. The molecule has 1 aromatic rings. The highest BCUT2D eigenvalue weighted by Gasteiger charge is 2.17. The van der Waals surface area contributed by atoms with Crippen LogP contribution in [0.4, 0.5) is 4.39 Å². The van der Waals surface area contributed by atoms with Gasteiger partial charge in [-0.05, 0) is 44.6 Å². The fourth-order valence-corrected chi connectivity index (χ4v) is 3.11. The highest BCUT2D eigenvalue weighted by Crippen LogP contribution is 2.19. The number of nitrogens with one attached hydrogen (secondary N) is 2. The number of benzene rings is 1. The summed E-state index contributed by atoms with van der Waals surface area (Å²) in [6.45, 7) is 0.727. The molecule has 4 nitrogen and oxygen atoms in total. The molecule has 128 valence electrons. The van der Waals surface area contributed by atoms with Gasteiger partial charge in [-0.2, -0.15) is 0 Å². The summed E-state index contributed by atoms with van der Waals surface area (Å²) in [5, 5.41) is 6.94. The number of aliphatic imine (C=N–C) groups is 1. The summed E-state index contributed by atoms with van der Waals surface area (Å²) in [4.78, 5) is 6.47. The van der Waals surface area contributed by atoms with Crippen molar-refractivity contribution in [3.8, 4) is 0 Å². The lowest BCUT2D eigenvalue weighted by Crippen LogP contribution is -2.46. The van der Waals surface area contributed by atoms with E-state index in [9.17, 15) is 4.39 Å². The van der Waals surface area contributed by atoms with Crippen LogP contribution in [0, 0.1) is 5.82 Å². The number of rotatable bonds is 5. The Labute approximate surface area is 139 Å². The van der Waals surface area contributed by atoms with Crippen molar-refractivity contribution in [2.75, 3.05) is 27.7 Å². The Balaban J connectivity index is 1.92. The molecular formula is C18H29FN4. The lowest BCUT2D eigenvalue weighted by atomic mass is 9.96. The molecule has 1 aromatic carbocycles. The Morgan fingerprint density at radius 2 is 1.87 bits per heavy atom. The lowest BCUT2D eigenvalue weighted by Gasteiger charge is -2.28. The molecule has 0 saturated heterocycles. The second-order valence-electron chi connectivity index (χ2n) is 6.46. The summed E-state index contributed by atoms with van der Waals surface area (Å²) in [7, 11) is 5.88. The van der Waals surface area contributed by atoms with Crippen molar-refractivity contribution < 1.29 is 4.39 Å². The number of hydrogen-bond acceptors (Lipinski definition) is 2.